The fourth-order valence-electron chi connectivity index (χ4n) is 4.26. The van der Waals surface area contributed by atoms with Gasteiger partial charge in [0.05, 0.1) is 50.2 Å². The summed E-state index contributed by atoms with van der Waals surface area (Å²) in [6.07, 6.45) is 0. The second-order valence-electron chi connectivity index (χ2n) is 8.35. The second-order valence-corrected chi connectivity index (χ2v) is 8.35. The minimum Gasteiger partial charge on any atom is -0.496 e. The standard InChI is InChI=1S/C15H15NO4.C15H17NO2/c1-10-6-4-5-7-11(10)14-13(19-2)9-8-12(16(17)18)15(14)20-3;1-10-6-4-5-7-11(10)14-13(17-2)9-8-12(16)15(14)18-3/h4-9H,1-3H3;4-9H,16H2,1-3H3. The van der Waals surface area contributed by atoms with Gasteiger partial charge in [-0.2, -0.15) is 0 Å². The Morgan fingerprint density at radius 2 is 1.08 bits per heavy atom. The minimum atomic E-state index is -0.458. The molecule has 0 bridgehead atoms. The lowest BCUT2D eigenvalue weighted by atomic mass is 9.98. The predicted molar refractivity (Wildman–Crippen MR) is 151 cm³/mol. The van der Waals surface area contributed by atoms with E-state index in [0.29, 0.717) is 22.7 Å². The van der Waals surface area contributed by atoms with Crippen molar-refractivity contribution in [3.05, 3.63) is 94.0 Å². The number of methoxy groups -OCH3 is 4. The van der Waals surface area contributed by atoms with Gasteiger partial charge in [0.2, 0.25) is 5.75 Å². The Morgan fingerprint density at radius 3 is 1.50 bits per heavy atom. The van der Waals surface area contributed by atoms with Crippen LogP contribution in [0.5, 0.6) is 23.0 Å². The van der Waals surface area contributed by atoms with Gasteiger partial charge in [0.1, 0.15) is 11.5 Å². The number of nitrogen functional groups attached to an aromatic ring is 1. The van der Waals surface area contributed by atoms with Gasteiger partial charge in [-0.05, 0) is 54.3 Å². The van der Waals surface area contributed by atoms with Crippen LogP contribution in [0, 0.1) is 24.0 Å². The first kappa shape index (κ1) is 27.9. The van der Waals surface area contributed by atoms with Gasteiger partial charge >= 0.3 is 5.69 Å². The van der Waals surface area contributed by atoms with E-state index in [4.69, 9.17) is 24.7 Å². The summed E-state index contributed by atoms with van der Waals surface area (Å²) >= 11 is 0. The molecule has 0 aliphatic heterocycles. The van der Waals surface area contributed by atoms with E-state index in [2.05, 4.69) is 13.0 Å². The van der Waals surface area contributed by atoms with Crippen molar-refractivity contribution < 1.29 is 23.9 Å². The Morgan fingerprint density at radius 1 is 0.632 bits per heavy atom. The number of nitro groups is 1. The van der Waals surface area contributed by atoms with Crippen LogP contribution in [-0.2, 0) is 0 Å². The highest BCUT2D eigenvalue weighted by Crippen LogP contribution is 2.45. The lowest BCUT2D eigenvalue weighted by molar-refractivity contribution is -0.385. The molecule has 38 heavy (non-hydrogen) atoms. The van der Waals surface area contributed by atoms with Crippen molar-refractivity contribution in [2.75, 3.05) is 34.2 Å². The summed E-state index contributed by atoms with van der Waals surface area (Å²) in [6, 6.07) is 22.3. The van der Waals surface area contributed by atoms with Crippen molar-refractivity contribution in [1.82, 2.24) is 0 Å². The van der Waals surface area contributed by atoms with Crippen molar-refractivity contribution in [1.29, 1.82) is 0 Å². The molecule has 0 radical (unpaired) electrons. The molecule has 0 heterocycles. The number of benzene rings is 4. The molecule has 8 nitrogen and oxygen atoms in total. The molecule has 0 unspecified atom stereocenters. The number of nitrogens with two attached hydrogens (primary N) is 1. The molecule has 0 saturated carbocycles. The Kier molecular flexibility index (Phi) is 9.16. The lowest BCUT2D eigenvalue weighted by Gasteiger charge is -2.16. The van der Waals surface area contributed by atoms with Gasteiger partial charge in [0.15, 0.2) is 5.75 Å². The Balaban J connectivity index is 0.000000212. The highest BCUT2D eigenvalue weighted by molar-refractivity contribution is 5.84. The molecular weight excluding hydrogens is 484 g/mol. The van der Waals surface area contributed by atoms with E-state index < -0.39 is 4.92 Å². The summed E-state index contributed by atoms with van der Waals surface area (Å²) in [5.41, 5.74) is 12.1. The fourth-order valence-corrected chi connectivity index (χ4v) is 4.26. The first-order chi connectivity index (χ1) is 18.3. The van der Waals surface area contributed by atoms with E-state index in [9.17, 15) is 10.1 Å². The topological polar surface area (TPSA) is 106 Å². The first-order valence-corrected chi connectivity index (χ1v) is 11.8. The number of hydrogen-bond donors (Lipinski definition) is 1. The molecule has 0 aliphatic carbocycles. The van der Waals surface area contributed by atoms with Crippen LogP contribution >= 0.6 is 0 Å². The van der Waals surface area contributed by atoms with Crippen LogP contribution in [0.15, 0.2) is 72.8 Å². The third kappa shape index (κ3) is 5.64. The number of hydrogen-bond acceptors (Lipinski definition) is 7. The summed E-state index contributed by atoms with van der Waals surface area (Å²) in [7, 11) is 6.21. The van der Waals surface area contributed by atoms with E-state index in [1.807, 2.05) is 55.5 Å². The average Bonchev–Trinajstić information content (AvgIpc) is 2.93. The van der Waals surface area contributed by atoms with Crippen molar-refractivity contribution in [2.24, 2.45) is 0 Å². The summed E-state index contributed by atoms with van der Waals surface area (Å²) in [5.74, 6) is 2.17. The van der Waals surface area contributed by atoms with Crippen molar-refractivity contribution >= 4 is 11.4 Å². The van der Waals surface area contributed by atoms with Gasteiger partial charge in [-0.3, -0.25) is 10.1 Å². The quantitative estimate of drug-likeness (QED) is 0.163. The van der Waals surface area contributed by atoms with Gasteiger partial charge in [-0.25, -0.2) is 0 Å². The van der Waals surface area contributed by atoms with Crippen LogP contribution in [-0.4, -0.2) is 33.4 Å². The number of ether oxygens (including phenoxy) is 4. The van der Waals surface area contributed by atoms with Gasteiger partial charge in [0, 0.05) is 6.07 Å². The zero-order chi connectivity index (χ0) is 27.8. The van der Waals surface area contributed by atoms with Crippen LogP contribution < -0.4 is 24.7 Å². The van der Waals surface area contributed by atoms with E-state index >= 15 is 0 Å². The number of nitro benzene ring substituents is 1. The molecule has 198 valence electrons. The van der Waals surface area contributed by atoms with Crippen LogP contribution in [0.25, 0.3) is 22.3 Å². The molecule has 4 rings (SSSR count). The van der Waals surface area contributed by atoms with Gasteiger partial charge in [-0.15, -0.1) is 0 Å². The van der Waals surface area contributed by atoms with Crippen LogP contribution in [0.4, 0.5) is 11.4 Å². The molecule has 0 spiro atoms. The fraction of sp³-hybridized carbons (Fsp3) is 0.200. The maximum absolute atomic E-state index is 11.1. The van der Waals surface area contributed by atoms with E-state index in [1.54, 1.807) is 26.4 Å². The molecule has 0 saturated heterocycles. The minimum absolute atomic E-state index is 0.0773. The molecule has 0 aromatic heterocycles. The second kappa shape index (κ2) is 12.5. The SMILES string of the molecule is COc1ccc(N)c(OC)c1-c1ccccc1C.COc1ccc([N+](=O)[O-])c(OC)c1-c1ccccc1C. The maximum atomic E-state index is 11.1. The molecule has 2 N–H and O–H groups in total. The smallest absolute Gasteiger partial charge is 0.311 e. The van der Waals surface area contributed by atoms with Gasteiger partial charge in [-0.1, -0.05) is 48.5 Å². The van der Waals surface area contributed by atoms with E-state index in [-0.39, 0.29) is 11.4 Å². The Labute approximate surface area is 222 Å². The zero-order valence-electron chi connectivity index (χ0n) is 22.4. The highest BCUT2D eigenvalue weighted by Gasteiger charge is 2.24. The van der Waals surface area contributed by atoms with Gasteiger partial charge < -0.3 is 24.7 Å². The summed E-state index contributed by atoms with van der Waals surface area (Å²) in [4.78, 5) is 10.7. The average molecular weight is 517 g/mol. The summed E-state index contributed by atoms with van der Waals surface area (Å²) in [6.45, 7) is 3.99. The van der Waals surface area contributed by atoms with E-state index in [0.717, 1.165) is 33.6 Å². The Bertz CT molecular complexity index is 1430. The largest absolute Gasteiger partial charge is 0.496 e. The van der Waals surface area contributed by atoms with Crippen molar-refractivity contribution in [3.63, 3.8) is 0 Å². The number of rotatable bonds is 7. The van der Waals surface area contributed by atoms with Crippen LogP contribution in [0.3, 0.4) is 0 Å². The predicted octanol–water partition coefficient (Wildman–Crippen LogP) is 6.85. The lowest BCUT2D eigenvalue weighted by Crippen LogP contribution is -1.99. The van der Waals surface area contributed by atoms with Gasteiger partial charge in [0.25, 0.3) is 0 Å². The molecule has 4 aromatic carbocycles. The number of nitrogens with zero attached hydrogens (tertiary/aromatic N) is 1. The molecule has 0 amide bonds. The normalized spacial score (nSPS) is 10.2. The summed E-state index contributed by atoms with van der Waals surface area (Å²) in [5, 5.41) is 11.1. The van der Waals surface area contributed by atoms with E-state index in [1.165, 1.54) is 20.3 Å². The van der Waals surface area contributed by atoms with Crippen LogP contribution in [0.1, 0.15) is 11.1 Å². The monoisotopic (exact) mass is 516 g/mol. The Hall–Kier alpha value is -4.72. The maximum Gasteiger partial charge on any atom is 0.311 e. The third-order valence-corrected chi connectivity index (χ3v) is 6.12. The third-order valence-electron chi connectivity index (χ3n) is 6.12. The molecule has 8 heteroatoms. The first-order valence-electron chi connectivity index (χ1n) is 11.8. The molecule has 4 aromatic rings. The van der Waals surface area contributed by atoms with Crippen LogP contribution in [0.2, 0.25) is 0 Å². The number of anilines is 1. The molecule has 0 aliphatic rings. The van der Waals surface area contributed by atoms with Crippen molar-refractivity contribution in [3.8, 4) is 45.3 Å². The molecule has 0 fully saturated rings. The summed E-state index contributed by atoms with van der Waals surface area (Å²) < 4.78 is 21.4. The number of aryl methyl sites for hydroxylation is 2. The van der Waals surface area contributed by atoms with Crippen molar-refractivity contribution in [2.45, 2.75) is 13.8 Å². The molecular formula is C30H32N2O6. The molecule has 0 atom stereocenters. The highest BCUT2D eigenvalue weighted by atomic mass is 16.6. The zero-order valence-corrected chi connectivity index (χ0v) is 22.4.